The first kappa shape index (κ1) is 14.3. The molecule has 1 aromatic rings. The summed E-state index contributed by atoms with van der Waals surface area (Å²) >= 11 is 0. The molecule has 1 aliphatic carbocycles. The molecule has 1 atom stereocenters. The van der Waals surface area contributed by atoms with Gasteiger partial charge in [0.15, 0.2) is 0 Å². The van der Waals surface area contributed by atoms with Crippen molar-refractivity contribution in [1.82, 2.24) is 0 Å². The van der Waals surface area contributed by atoms with E-state index < -0.39 is 0 Å². The van der Waals surface area contributed by atoms with Crippen molar-refractivity contribution in [2.75, 3.05) is 11.4 Å². The van der Waals surface area contributed by atoms with Crippen molar-refractivity contribution in [3.8, 4) is 0 Å². The third-order valence-corrected chi connectivity index (χ3v) is 3.99. The van der Waals surface area contributed by atoms with Gasteiger partial charge in [-0.05, 0) is 50.8 Å². The van der Waals surface area contributed by atoms with Crippen molar-refractivity contribution in [1.29, 1.82) is 0 Å². The van der Waals surface area contributed by atoms with Gasteiger partial charge in [0.2, 0.25) is 0 Å². The molecule has 2 rings (SSSR count). The molecule has 2 N–H and O–H groups in total. The van der Waals surface area contributed by atoms with Crippen molar-refractivity contribution in [2.45, 2.75) is 58.0 Å². The van der Waals surface area contributed by atoms with Crippen LogP contribution < -0.4 is 10.6 Å². The molecule has 0 aliphatic heterocycles. The second-order valence-electron chi connectivity index (χ2n) is 5.69. The van der Waals surface area contributed by atoms with E-state index in [2.05, 4.69) is 11.8 Å². The minimum absolute atomic E-state index is 0.0716. The van der Waals surface area contributed by atoms with Crippen LogP contribution in [0.1, 0.15) is 45.1 Å². The first-order valence-electron chi connectivity index (χ1n) is 7.42. The quantitative estimate of drug-likeness (QED) is 0.882. The summed E-state index contributed by atoms with van der Waals surface area (Å²) in [6.07, 6.45) is 5.65. The van der Waals surface area contributed by atoms with Gasteiger partial charge in [-0.15, -0.1) is 0 Å². The molecule has 0 radical (unpaired) electrons. The summed E-state index contributed by atoms with van der Waals surface area (Å²) in [5, 5.41) is 0. The van der Waals surface area contributed by atoms with Gasteiger partial charge >= 0.3 is 0 Å². The molecule has 1 fully saturated rings. The van der Waals surface area contributed by atoms with Crippen LogP contribution in [0, 0.1) is 5.82 Å². The topological polar surface area (TPSA) is 29.3 Å². The summed E-state index contributed by atoms with van der Waals surface area (Å²) in [4.78, 5) is 2.22. The summed E-state index contributed by atoms with van der Waals surface area (Å²) in [5.74, 6) is -0.105. The molecule has 3 heteroatoms. The fourth-order valence-electron chi connectivity index (χ4n) is 3.12. The Morgan fingerprint density at radius 1 is 1.37 bits per heavy atom. The maximum atomic E-state index is 14.3. The first-order chi connectivity index (χ1) is 9.11. The van der Waals surface area contributed by atoms with Crippen LogP contribution in [0.3, 0.4) is 0 Å². The highest BCUT2D eigenvalue weighted by Gasteiger charge is 2.23. The highest BCUT2D eigenvalue weighted by molar-refractivity contribution is 5.50. The molecule has 1 aliphatic rings. The van der Waals surface area contributed by atoms with Gasteiger partial charge in [-0.1, -0.05) is 18.9 Å². The van der Waals surface area contributed by atoms with Crippen LogP contribution in [0.2, 0.25) is 0 Å². The van der Waals surface area contributed by atoms with E-state index in [0.29, 0.717) is 6.04 Å². The minimum Gasteiger partial charge on any atom is -0.366 e. The van der Waals surface area contributed by atoms with E-state index in [0.717, 1.165) is 24.2 Å². The van der Waals surface area contributed by atoms with Crippen LogP contribution in [0.25, 0.3) is 0 Å². The Hall–Kier alpha value is -1.09. The van der Waals surface area contributed by atoms with E-state index in [4.69, 9.17) is 5.73 Å². The van der Waals surface area contributed by atoms with Crippen LogP contribution in [0.15, 0.2) is 18.2 Å². The number of hydrogen-bond acceptors (Lipinski definition) is 2. The molecule has 0 aromatic heterocycles. The molecule has 0 bridgehead atoms. The highest BCUT2D eigenvalue weighted by Crippen LogP contribution is 2.30. The normalized spacial score (nSPS) is 17.7. The molecule has 1 unspecified atom stereocenters. The number of nitrogens with zero attached hydrogens (tertiary/aromatic N) is 1. The Bertz CT molecular complexity index is 411. The Labute approximate surface area is 115 Å². The minimum atomic E-state index is -0.105. The van der Waals surface area contributed by atoms with Crippen molar-refractivity contribution in [3.05, 3.63) is 29.6 Å². The number of nitrogens with two attached hydrogens (primary N) is 1. The number of hydrogen-bond donors (Lipinski definition) is 1. The highest BCUT2D eigenvalue weighted by atomic mass is 19.1. The maximum Gasteiger partial charge on any atom is 0.146 e. The second kappa shape index (κ2) is 6.38. The molecular weight excluding hydrogens is 239 g/mol. The van der Waals surface area contributed by atoms with Gasteiger partial charge in [-0.25, -0.2) is 4.39 Å². The van der Waals surface area contributed by atoms with Crippen molar-refractivity contribution >= 4 is 5.69 Å². The Balaban J connectivity index is 2.18. The first-order valence-corrected chi connectivity index (χ1v) is 7.42. The van der Waals surface area contributed by atoms with E-state index in [1.807, 2.05) is 19.1 Å². The Morgan fingerprint density at radius 2 is 2.05 bits per heavy atom. The van der Waals surface area contributed by atoms with Gasteiger partial charge in [0.1, 0.15) is 5.82 Å². The molecule has 0 spiro atoms. The predicted octanol–water partition coefficient (Wildman–Crippen LogP) is 3.48. The standard InChI is InChI=1S/C16H25FN2/c1-3-19(14-6-4-5-7-14)16-9-8-13(10-12(2)18)11-15(16)17/h8-9,11-12,14H,3-7,10,18H2,1-2H3. The largest absolute Gasteiger partial charge is 0.366 e. The van der Waals surface area contributed by atoms with Crippen LogP contribution in [-0.2, 0) is 6.42 Å². The molecule has 0 saturated heterocycles. The van der Waals surface area contributed by atoms with Crippen molar-refractivity contribution in [2.24, 2.45) is 5.73 Å². The average molecular weight is 264 g/mol. The summed E-state index contributed by atoms with van der Waals surface area (Å²) in [6.45, 7) is 4.92. The fourth-order valence-corrected chi connectivity index (χ4v) is 3.12. The SMILES string of the molecule is CCN(c1ccc(CC(C)N)cc1F)C1CCCC1. The molecule has 106 valence electrons. The molecule has 19 heavy (non-hydrogen) atoms. The van der Waals surface area contributed by atoms with Crippen molar-refractivity contribution < 1.29 is 4.39 Å². The number of rotatable bonds is 5. The molecule has 0 heterocycles. The monoisotopic (exact) mass is 264 g/mol. The molecule has 2 nitrogen and oxygen atoms in total. The van der Waals surface area contributed by atoms with Crippen LogP contribution in [0.5, 0.6) is 0 Å². The van der Waals surface area contributed by atoms with Gasteiger partial charge < -0.3 is 10.6 Å². The Morgan fingerprint density at radius 3 is 2.58 bits per heavy atom. The molecular formula is C16H25FN2. The van der Waals surface area contributed by atoms with Gasteiger partial charge in [0.05, 0.1) is 5.69 Å². The third kappa shape index (κ3) is 3.47. The zero-order valence-electron chi connectivity index (χ0n) is 12.0. The van der Waals surface area contributed by atoms with E-state index in [-0.39, 0.29) is 11.9 Å². The fraction of sp³-hybridized carbons (Fsp3) is 0.625. The zero-order chi connectivity index (χ0) is 13.8. The summed E-state index contributed by atoms with van der Waals surface area (Å²) < 4.78 is 14.3. The summed E-state index contributed by atoms with van der Waals surface area (Å²) in [7, 11) is 0. The van der Waals surface area contributed by atoms with Gasteiger partial charge in [-0.2, -0.15) is 0 Å². The predicted molar refractivity (Wildman–Crippen MR) is 79.0 cm³/mol. The number of halogens is 1. The smallest absolute Gasteiger partial charge is 0.146 e. The second-order valence-corrected chi connectivity index (χ2v) is 5.69. The lowest BCUT2D eigenvalue weighted by Gasteiger charge is -2.30. The zero-order valence-corrected chi connectivity index (χ0v) is 12.0. The third-order valence-electron chi connectivity index (χ3n) is 3.99. The molecule has 0 amide bonds. The van der Waals surface area contributed by atoms with Gasteiger partial charge in [0, 0.05) is 18.6 Å². The molecule has 1 saturated carbocycles. The Kier molecular flexibility index (Phi) is 4.81. The van der Waals surface area contributed by atoms with E-state index >= 15 is 0 Å². The number of anilines is 1. The summed E-state index contributed by atoms with van der Waals surface area (Å²) in [5.41, 5.74) is 7.50. The van der Waals surface area contributed by atoms with E-state index in [1.54, 1.807) is 6.07 Å². The lowest BCUT2D eigenvalue weighted by atomic mass is 10.1. The lowest BCUT2D eigenvalue weighted by Crippen LogP contribution is -2.33. The van der Waals surface area contributed by atoms with Crippen LogP contribution in [-0.4, -0.2) is 18.6 Å². The van der Waals surface area contributed by atoms with Crippen LogP contribution in [0.4, 0.5) is 10.1 Å². The number of benzene rings is 1. The summed E-state index contributed by atoms with van der Waals surface area (Å²) in [6, 6.07) is 6.17. The van der Waals surface area contributed by atoms with Gasteiger partial charge in [0.25, 0.3) is 0 Å². The average Bonchev–Trinajstić information content (AvgIpc) is 2.85. The van der Waals surface area contributed by atoms with Crippen molar-refractivity contribution in [3.63, 3.8) is 0 Å². The van der Waals surface area contributed by atoms with Gasteiger partial charge in [-0.3, -0.25) is 0 Å². The molecule has 1 aromatic carbocycles. The maximum absolute atomic E-state index is 14.3. The van der Waals surface area contributed by atoms with E-state index in [9.17, 15) is 4.39 Å². The van der Waals surface area contributed by atoms with E-state index in [1.165, 1.54) is 25.7 Å². The van der Waals surface area contributed by atoms with Crippen LogP contribution >= 0.6 is 0 Å². The lowest BCUT2D eigenvalue weighted by molar-refractivity contribution is 0.576.